The summed E-state index contributed by atoms with van der Waals surface area (Å²) in [5, 5.41) is 16.0. The van der Waals surface area contributed by atoms with Crippen LogP contribution in [0.1, 0.15) is 59.3 Å². The van der Waals surface area contributed by atoms with Gasteiger partial charge in [-0.1, -0.05) is 0 Å². The molecule has 0 saturated heterocycles. The third kappa shape index (κ3) is 4.94. The maximum Gasteiger partial charge on any atom is 0.407 e. The van der Waals surface area contributed by atoms with Gasteiger partial charge in [0.1, 0.15) is 5.60 Å². The van der Waals surface area contributed by atoms with Gasteiger partial charge in [0.2, 0.25) is 0 Å². The maximum atomic E-state index is 11.6. The van der Waals surface area contributed by atoms with Crippen molar-refractivity contribution >= 4 is 6.09 Å². The Hall–Kier alpha value is -0.810. The lowest BCUT2D eigenvalue weighted by molar-refractivity contribution is 0.0456. The van der Waals surface area contributed by atoms with Crippen LogP contribution in [0.5, 0.6) is 0 Å². The summed E-state index contributed by atoms with van der Waals surface area (Å²) in [4.78, 5) is 11.6. The van der Waals surface area contributed by atoms with Crippen molar-refractivity contribution in [3.05, 3.63) is 0 Å². The van der Waals surface area contributed by atoms with Crippen LogP contribution in [0, 0.1) is 0 Å². The molecule has 2 saturated carbocycles. The van der Waals surface area contributed by atoms with E-state index in [4.69, 9.17) is 4.74 Å². The molecule has 5 heteroatoms. The fourth-order valence-corrected chi connectivity index (χ4v) is 2.92. The molecule has 0 bridgehead atoms. The minimum absolute atomic E-state index is 0.101. The van der Waals surface area contributed by atoms with Crippen LogP contribution in [-0.2, 0) is 4.74 Å². The van der Waals surface area contributed by atoms with Crippen molar-refractivity contribution in [1.29, 1.82) is 0 Å². The van der Waals surface area contributed by atoms with E-state index in [2.05, 4.69) is 10.6 Å². The second-order valence-corrected chi connectivity index (χ2v) is 7.18. The first-order chi connectivity index (χ1) is 9.32. The van der Waals surface area contributed by atoms with Gasteiger partial charge >= 0.3 is 6.09 Å². The Morgan fingerprint density at radius 2 is 1.65 bits per heavy atom. The lowest BCUT2D eigenvalue weighted by atomic mass is 9.84. The monoisotopic (exact) mass is 284 g/mol. The standard InChI is InChI=1S/C15H28N2O3/c1-15(2,3)20-14(19)17-12-8-11(9-12)16-10-4-6-13(18)7-5-10/h10-13,16,18H,4-9H2,1-3H3,(H,17,19). The molecule has 2 aliphatic rings. The lowest BCUT2D eigenvalue weighted by Gasteiger charge is -2.40. The molecule has 0 aromatic heterocycles. The molecule has 2 aliphatic carbocycles. The summed E-state index contributed by atoms with van der Waals surface area (Å²) in [5.41, 5.74) is -0.436. The summed E-state index contributed by atoms with van der Waals surface area (Å²) in [7, 11) is 0. The molecule has 20 heavy (non-hydrogen) atoms. The molecule has 0 spiro atoms. The molecule has 0 aliphatic heterocycles. The number of hydrogen-bond donors (Lipinski definition) is 3. The Morgan fingerprint density at radius 1 is 1.05 bits per heavy atom. The number of carbonyl (C=O) groups excluding carboxylic acids is 1. The third-order valence-electron chi connectivity index (χ3n) is 4.03. The second-order valence-electron chi connectivity index (χ2n) is 7.18. The van der Waals surface area contributed by atoms with Crippen molar-refractivity contribution in [3.63, 3.8) is 0 Å². The fourth-order valence-electron chi connectivity index (χ4n) is 2.92. The van der Waals surface area contributed by atoms with Gasteiger partial charge in [0.05, 0.1) is 6.10 Å². The number of aliphatic hydroxyl groups excluding tert-OH is 1. The smallest absolute Gasteiger partial charge is 0.407 e. The van der Waals surface area contributed by atoms with Gasteiger partial charge in [-0.25, -0.2) is 4.79 Å². The van der Waals surface area contributed by atoms with Gasteiger partial charge < -0.3 is 20.5 Å². The highest BCUT2D eigenvalue weighted by atomic mass is 16.6. The van der Waals surface area contributed by atoms with E-state index in [1.54, 1.807) is 0 Å². The molecule has 2 rings (SSSR count). The molecule has 1 amide bonds. The van der Waals surface area contributed by atoms with E-state index in [1.165, 1.54) is 0 Å². The van der Waals surface area contributed by atoms with Crippen LogP contribution in [0.4, 0.5) is 4.79 Å². The zero-order valence-corrected chi connectivity index (χ0v) is 12.8. The topological polar surface area (TPSA) is 70.6 Å². The van der Waals surface area contributed by atoms with Gasteiger partial charge in [-0.05, 0) is 59.3 Å². The van der Waals surface area contributed by atoms with Crippen molar-refractivity contribution in [2.75, 3.05) is 0 Å². The number of amides is 1. The molecule has 0 heterocycles. The summed E-state index contributed by atoms with van der Waals surface area (Å²) in [6.07, 6.45) is 5.45. The Kier molecular flexibility index (Phi) is 4.91. The van der Waals surface area contributed by atoms with Crippen LogP contribution in [0.2, 0.25) is 0 Å². The number of aliphatic hydroxyl groups is 1. The summed E-state index contributed by atoms with van der Waals surface area (Å²) in [6, 6.07) is 1.26. The minimum Gasteiger partial charge on any atom is -0.444 e. The zero-order chi connectivity index (χ0) is 14.8. The summed E-state index contributed by atoms with van der Waals surface area (Å²) in [5.74, 6) is 0. The van der Waals surface area contributed by atoms with Gasteiger partial charge in [0.25, 0.3) is 0 Å². The van der Waals surface area contributed by atoms with Crippen LogP contribution in [0.15, 0.2) is 0 Å². The van der Waals surface area contributed by atoms with E-state index in [9.17, 15) is 9.90 Å². The van der Waals surface area contributed by atoms with Crippen molar-refractivity contribution in [1.82, 2.24) is 10.6 Å². The van der Waals surface area contributed by atoms with Gasteiger partial charge in [0, 0.05) is 18.1 Å². The summed E-state index contributed by atoms with van der Waals surface area (Å²) in [6.45, 7) is 5.61. The van der Waals surface area contributed by atoms with Crippen LogP contribution in [-0.4, -0.2) is 41.0 Å². The number of hydrogen-bond acceptors (Lipinski definition) is 4. The second kappa shape index (κ2) is 6.31. The molecule has 5 nitrogen and oxygen atoms in total. The fraction of sp³-hybridized carbons (Fsp3) is 0.933. The van der Waals surface area contributed by atoms with Gasteiger partial charge in [-0.2, -0.15) is 0 Å². The van der Waals surface area contributed by atoms with E-state index in [0.29, 0.717) is 12.1 Å². The van der Waals surface area contributed by atoms with E-state index in [-0.39, 0.29) is 18.2 Å². The molecule has 0 unspecified atom stereocenters. The van der Waals surface area contributed by atoms with Crippen molar-refractivity contribution in [2.24, 2.45) is 0 Å². The van der Waals surface area contributed by atoms with Crippen LogP contribution in [0.25, 0.3) is 0 Å². The first-order valence-corrected chi connectivity index (χ1v) is 7.75. The quantitative estimate of drug-likeness (QED) is 0.740. The summed E-state index contributed by atoms with van der Waals surface area (Å²) < 4.78 is 5.24. The predicted octanol–water partition coefficient (Wildman–Crippen LogP) is 1.94. The Bertz CT molecular complexity index is 327. The Labute approximate surface area is 121 Å². The Balaban J connectivity index is 1.59. The van der Waals surface area contributed by atoms with E-state index in [1.807, 2.05) is 20.8 Å². The summed E-state index contributed by atoms with van der Waals surface area (Å²) >= 11 is 0. The average molecular weight is 284 g/mol. The first kappa shape index (κ1) is 15.6. The highest BCUT2D eigenvalue weighted by Crippen LogP contribution is 2.25. The van der Waals surface area contributed by atoms with E-state index in [0.717, 1.165) is 38.5 Å². The van der Waals surface area contributed by atoms with Gasteiger partial charge in [-0.15, -0.1) is 0 Å². The van der Waals surface area contributed by atoms with Crippen molar-refractivity contribution in [2.45, 2.75) is 89.1 Å². The van der Waals surface area contributed by atoms with E-state index >= 15 is 0 Å². The highest BCUT2D eigenvalue weighted by Gasteiger charge is 2.33. The highest BCUT2D eigenvalue weighted by molar-refractivity contribution is 5.68. The number of carbonyl (C=O) groups is 1. The molecular weight excluding hydrogens is 256 g/mol. The van der Waals surface area contributed by atoms with Crippen LogP contribution in [0.3, 0.4) is 0 Å². The molecule has 0 aromatic carbocycles. The number of nitrogens with one attached hydrogen (secondary N) is 2. The zero-order valence-electron chi connectivity index (χ0n) is 12.8. The molecule has 0 atom stereocenters. The third-order valence-corrected chi connectivity index (χ3v) is 4.03. The van der Waals surface area contributed by atoms with Crippen molar-refractivity contribution in [3.8, 4) is 0 Å². The average Bonchev–Trinajstić information content (AvgIpc) is 2.26. The molecule has 116 valence electrons. The molecule has 0 radical (unpaired) electrons. The Morgan fingerprint density at radius 3 is 2.20 bits per heavy atom. The van der Waals surface area contributed by atoms with Crippen molar-refractivity contribution < 1.29 is 14.6 Å². The minimum atomic E-state index is -0.436. The lowest BCUT2D eigenvalue weighted by Crippen LogP contribution is -2.55. The molecule has 3 N–H and O–H groups in total. The maximum absolute atomic E-state index is 11.6. The predicted molar refractivity (Wildman–Crippen MR) is 77.6 cm³/mol. The molecule has 0 aromatic rings. The number of ether oxygens (including phenoxy) is 1. The number of rotatable bonds is 3. The van der Waals surface area contributed by atoms with Crippen LogP contribution >= 0.6 is 0 Å². The van der Waals surface area contributed by atoms with Gasteiger partial charge in [0.15, 0.2) is 0 Å². The number of alkyl carbamates (subject to hydrolysis) is 1. The van der Waals surface area contributed by atoms with Gasteiger partial charge in [-0.3, -0.25) is 0 Å². The SMILES string of the molecule is CC(C)(C)OC(=O)NC1CC(NC2CCC(O)CC2)C1. The molecule has 2 fully saturated rings. The first-order valence-electron chi connectivity index (χ1n) is 7.75. The molecular formula is C15H28N2O3. The normalized spacial score (nSPS) is 34.2. The largest absolute Gasteiger partial charge is 0.444 e. The van der Waals surface area contributed by atoms with Crippen LogP contribution < -0.4 is 10.6 Å². The van der Waals surface area contributed by atoms with E-state index < -0.39 is 5.60 Å².